The summed E-state index contributed by atoms with van der Waals surface area (Å²) in [6.45, 7) is 4.06. The molecule has 1 fully saturated rings. The molecular weight excluding hydrogens is 226 g/mol. The molecule has 1 N–H and O–H groups in total. The Morgan fingerprint density at radius 1 is 1.44 bits per heavy atom. The Hall–Kier alpha value is -1.09. The molecule has 3 heteroatoms. The molecule has 0 aliphatic heterocycles. The molecule has 3 nitrogen and oxygen atoms in total. The lowest BCUT2D eigenvalue weighted by Gasteiger charge is -2.36. The van der Waals surface area contributed by atoms with E-state index in [1.807, 2.05) is 19.3 Å². The maximum absolute atomic E-state index is 11.5. The predicted molar refractivity (Wildman–Crippen MR) is 72.7 cm³/mol. The van der Waals surface area contributed by atoms with E-state index in [2.05, 4.69) is 11.5 Å². The second-order valence-electron chi connectivity index (χ2n) is 5.52. The molecule has 18 heavy (non-hydrogen) atoms. The second kappa shape index (κ2) is 5.70. The summed E-state index contributed by atoms with van der Waals surface area (Å²) in [6.07, 6.45) is 8.81. The van der Waals surface area contributed by atoms with Gasteiger partial charge >= 0.3 is 0 Å². The molecule has 1 saturated carbocycles. The monoisotopic (exact) mass is 249 g/mol. The van der Waals surface area contributed by atoms with Crippen molar-refractivity contribution in [1.82, 2.24) is 4.57 Å². The number of hydrogen-bond donors (Lipinski definition) is 1. The van der Waals surface area contributed by atoms with Gasteiger partial charge in [-0.15, -0.1) is 0 Å². The third-order valence-corrected chi connectivity index (χ3v) is 4.10. The van der Waals surface area contributed by atoms with Gasteiger partial charge in [0.25, 0.3) is 0 Å². The van der Waals surface area contributed by atoms with Crippen molar-refractivity contribution < 1.29 is 5.11 Å². The molecule has 1 aromatic rings. The zero-order chi connectivity index (χ0) is 13.1. The number of hydrogen-bond acceptors (Lipinski definition) is 2. The van der Waals surface area contributed by atoms with Crippen molar-refractivity contribution in [2.75, 3.05) is 0 Å². The normalized spacial score (nSPS) is 28.3. The van der Waals surface area contributed by atoms with Crippen LogP contribution >= 0.6 is 0 Å². The molecule has 1 heterocycles. The summed E-state index contributed by atoms with van der Waals surface area (Å²) in [6, 6.07) is 1.98. The molecule has 0 radical (unpaired) electrons. The average Bonchev–Trinajstić information content (AvgIpc) is 2.35. The molecule has 3 atom stereocenters. The standard InChI is InChI=1S/C15H23NO2/c1-3-4-12-5-6-13(17)9-14(12)16-8-7-15(18)11(2)10-16/h7-8,10,12-14,17H,3-6,9H2,1-2H3. The van der Waals surface area contributed by atoms with E-state index >= 15 is 0 Å². The van der Waals surface area contributed by atoms with Gasteiger partial charge in [0.05, 0.1) is 6.10 Å². The molecule has 0 spiro atoms. The molecule has 3 unspecified atom stereocenters. The fourth-order valence-electron chi connectivity index (χ4n) is 3.08. The van der Waals surface area contributed by atoms with Gasteiger partial charge in [-0.25, -0.2) is 0 Å². The summed E-state index contributed by atoms with van der Waals surface area (Å²) in [5.74, 6) is 0.625. The van der Waals surface area contributed by atoms with Crippen LogP contribution in [0.15, 0.2) is 23.3 Å². The second-order valence-corrected chi connectivity index (χ2v) is 5.52. The predicted octanol–water partition coefficient (Wildman–Crippen LogP) is 2.66. The third kappa shape index (κ3) is 2.83. The number of aryl methyl sites for hydroxylation is 1. The summed E-state index contributed by atoms with van der Waals surface area (Å²) in [4.78, 5) is 11.5. The Labute approximate surface area is 108 Å². The van der Waals surface area contributed by atoms with Crippen molar-refractivity contribution in [3.8, 4) is 0 Å². The Morgan fingerprint density at radius 3 is 2.89 bits per heavy atom. The topological polar surface area (TPSA) is 42.2 Å². The van der Waals surface area contributed by atoms with Crippen molar-refractivity contribution in [3.63, 3.8) is 0 Å². The van der Waals surface area contributed by atoms with E-state index in [9.17, 15) is 9.90 Å². The summed E-state index contributed by atoms with van der Waals surface area (Å²) in [7, 11) is 0. The lowest BCUT2D eigenvalue weighted by molar-refractivity contribution is 0.0692. The minimum Gasteiger partial charge on any atom is -0.393 e. The number of nitrogens with zero attached hydrogens (tertiary/aromatic N) is 1. The highest BCUT2D eigenvalue weighted by atomic mass is 16.3. The Kier molecular flexibility index (Phi) is 4.23. The van der Waals surface area contributed by atoms with Crippen LogP contribution in [0.2, 0.25) is 0 Å². The van der Waals surface area contributed by atoms with Crippen LogP contribution in [0.4, 0.5) is 0 Å². The fraction of sp³-hybridized carbons (Fsp3) is 0.667. The number of rotatable bonds is 3. The van der Waals surface area contributed by atoms with Crippen LogP contribution in [-0.2, 0) is 0 Å². The van der Waals surface area contributed by atoms with Gasteiger partial charge in [0.2, 0.25) is 0 Å². The highest BCUT2D eigenvalue weighted by Crippen LogP contribution is 2.36. The van der Waals surface area contributed by atoms with Crippen molar-refractivity contribution >= 4 is 0 Å². The maximum atomic E-state index is 11.5. The zero-order valence-electron chi connectivity index (χ0n) is 11.3. The van der Waals surface area contributed by atoms with E-state index < -0.39 is 0 Å². The summed E-state index contributed by atoms with van der Waals surface area (Å²) < 4.78 is 2.14. The van der Waals surface area contributed by atoms with Gasteiger partial charge in [0.1, 0.15) is 0 Å². The van der Waals surface area contributed by atoms with E-state index in [0.29, 0.717) is 12.0 Å². The van der Waals surface area contributed by atoms with Crippen LogP contribution in [0.1, 0.15) is 50.6 Å². The highest BCUT2D eigenvalue weighted by molar-refractivity contribution is 5.09. The zero-order valence-corrected chi connectivity index (χ0v) is 11.3. The summed E-state index contributed by atoms with van der Waals surface area (Å²) in [5.41, 5.74) is 0.877. The number of aliphatic hydroxyl groups is 1. The SMILES string of the molecule is CCCC1CCC(O)CC1n1ccc(=O)c(C)c1. The number of aliphatic hydroxyl groups excluding tert-OH is 1. The van der Waals surface area contributed by atoms with Crippen molar-refractivity contribution in [2.45, 2.75) is 58.1 Å². The van der Waals surface area contributed by atoms with Gasteiger partial charge in [-0.3, -0.25) is 4.79 Å². The molecule has 100 valence electrons. The van der Waals surface area contributed by atoms with Crippen LogP contribution < -0.4 is 5.43 Å². The Bertz CT molecular complexity index is 452. The lowest BCUT2D eigenvalue weighted by Crippen LogP contribution is -2.30. The first kappa shape index (κ1) is 13.3. The minimum absolute atomic E-state index is 0.0923. The molecule has 1 aromatic heterocycles. The molecule has 1 aliphatic carbocycles. The molecule has 0 aromatic carbocycles. The van der Waals surface area contributed by atoms with E-state index in [1.165, 1.54) is 12.8 Å². The van der Waals surface area contributed by atoms with Crippen molar-refractivity contribution in [3.05, 3.63) is 34.2 Å². The van der Waals surface area contributed by atoms with E-state index in [1.54, 1.807) is 6.07 Å². The summed E-state index contributed by atoms with van der Waals surface area (Å²) in [5, 5.41) is 9.88. The molecule has 0 saturated heterocycles. The number of aromatic nitrogens is 1. The Morgan fingerprint density at radius 2 is 2.22 bits per heavy atom. The van der Waals surface area contributed by atoms with Crippen molar-refractivity contribution in [2.24, 2.45) is 5.92 Å². The van der Waals surface area contributed by atoms with Gasteiger partial charge < -0.3 is 9.67 Å². The van der Waals surface area contributed by atoms with Gasteiger partial charge in [-0.2, -0.15) is 0 Å². The smallest absolute Gasteiger partial charge is 0.184 e. The quantitative estimate of drug-likeness (QED) is 0.895. The largest absolute Gasteiger partial charge is 0.393 e. The van der Waals surface area contributed by atoms with Crippen LogP contribution in [0, 0.1) is 12.8 Å². The van der Waals surface area contributed by atoms with Gasteiger partial charge in [0, 0.05) is 30.1 Å². The van der Waals surface area contributed by atoms with Crippen LogP contribution in [-0.4, -0.2) is 15.8 Å². The lowest BCUT2D eigenvalue weighted by atomic mass is 9.80. The molecule has 2 rings (SSSR count). The van der Waals surface area contributed by atoms with Crippen molar-refractivity contribution in [1.29, 1.82) is 0 Å². The van der Waals surface area contributed by atoms with Crippen LogP contribution in [0.25, 0.3) is 0 Å². The first-order valence-electron chi connectivity index (χ1n) is 6.98. The third-order valence-electron chi connectivity index (χ3n) is 4.10. The Balaban J connectivity index is 2.25. The van der Waals surface area contributed by atoms with Gasteiger partial charge in [-0.1, -0.05) is 13.3 Å². The minimum atomic E-state index is -0.192. The van der Waals surface area contributed by atoms with E-state index in [0.717, 1.165) is 24.8 Å². The molecule has 0 bridgehead atoms. The molecular formula is C15H23NO2. The van der Waals surface area contributed by atoms with Crippen LogP contribution in [0.5, 0.6) is 0 Å². The van der Waals surface area contributed by atoms with E-state index in [-0.39, 0.29) is 11.5 Å². The maximum Gasteiger partial charge on any atom is 0.184 e. The van der Waals surface area contributed by atoms with E-state index in [4.69, 9.17) is 0 Å². The van der Waals surface area contributed by atoms with Gasteiger partial charge in [0.15, 0.2) is 5.43 Å². The first-order valence-corrected chi connectivity index (χ1v) is 6.98. The average molecular weight is 249 g/mol. The molecule has 1 aliphatic rings. The first-order chi connectivity index (χ1) is 8.61. The molecule has 0 amide bonds. The van der Waals surface area contributed by atoms with Crippen LogP contribution in [0.3, 0.4) is 0 Å². The number of pyridine rings is 1. The highest BCUT2D eigenvalue weighted by Gasteiger charge is 2.29. The van der Waals surface area contributed by atoms with Gasteiger partial charge in [-0.05, 0) is 38.5 Å². The summed E-state index contributed by atoms with van der Waals surface area (Å²) >= 11 is 0. The fourth-order valence-corrected chi connectivity index (χ4v) is 3.08.